The zero-order chi connectivity index (χ0) is 13.5. The van der Waals surface area contributed by atoms with Crippen molar-refractivity contribution < 1.29 is 4.74 Å². The van der Waals surface area contributed by atoms with Gasteiger partial charge in [0.15, 0.2) is 5.96 Å². The molecule has 1 aliphatic rings. The number of halogens is 1. The molecule has 0 saturated carbocycles. The van der Waals surface area contributed by atoms with Crippen molar-refractivity contribution in [2.75, 3.05) is 61.5 Å². The van der Waals surface area contributed by atoms with Crippen LogP contribution in [0.3, 0.4) is 0 Å². The molecule has 1 unspecified atom stereocenters. The van der Waals surface area contributed by atoms with Crippen molar-refractivity contribution in [1.82, 2.24) is 14.7 Å². The van der Waals surface area contributed by atoms with Crippen LogP contribution in [0.15, 0.2) is 4.99 Å². The van der Waals surface area contributed by atoms with Gasteiger partial charge in [0, 0.05) is 47.9 Å². The maximum absolute atomic E-state index is 5.16. The molecule has 6 heteroatoms. The first-order valence-corrected chi connectivity index (χ1v) is 6.68. The van der Waals surface area contributed by atoms with Gasteiger partial charge in [-0.3, -0.25) is 9.89 Å². The normalized spacial score (nSPS) is 18.9. The molecule has 0 bridgehead atoms. The molecular formula is C13H29IN4O. The van der Waals surface area contributed by atoms with E-state index in [-0.39, 0.29) is 24.0 Å². The second-order valence-electron chi connectivity index (χ2n) is 5.25. The van der Waals surface area contributed by atoms with Crippen LogP contribution in [0.5, 0.6) is 0 Å². The number of guanidine groups is 1. The summed E-state index contributed by atoms with van der Waals surface area (Å²) in [5.74, 6) is 1.04. The Morgan fingerprint density at radius 1 is 1.26 bits per heavy atom. The summed E-state index contributed by atoms with van der Waals surface area (Å²) in [4.78, 5) is 11.4. The van der Waals surface area contributed by atoms with Crippen LogP contribution in [0.25, 0.3) is 0 Å². The third-order valence-electron chi connectivity index (χ3n) is 3.33. The van der Waals surface area contributed by atoms with Gasteiger partial charge in [-0.05, 0) is 19.4 Å². The van der Waals surface area contributed by atoms with Gasteiger partial charge in [-0.2, -0.15) is 0 Å². The maximum Gasteiger partial charge on any atom is 0.195 e. The SMILES string of the molecule is COCCN1CCCC1CN=C(N(C)C)N(C)C.I. The van der Waals surface area contributed by atoms with E-state index in [1.165, 1.54) is 19.4 Å². The van der Waals surface area contributed by atoms with Crippen LogP contribution in [0, 0.1) is 0 Å². The molecule has 1 atom stereocenters. The van der Waals surface area contributed by atoms with Crippen LogP contribution in [-0.4, -0.2) is 88.2 Å². The zero-order valence-corrected chi connectivity index (χ0v) is 15.3. The summed E-state index contributed by atoms with van der Waals surface area (Å²) in [6.07, 6.45) is 2.53. The molecule has 0 N–H and O–H groups in total. The highest BCUT2D eigenvalue weighted by Crippen LogP contribution is 2.17. The molecule has 1 rings (SSSR count). The lowest BCUT2D eigenvalue weighted by Crippen LogP contribution is -2.38. The Labute approximate surface area is 135 Å². The van der Waals surface area contributed by atoms with E-state index in [9.17, 15) is 0 Å². The highest BCUT2D eigenvalue weighted by Gasteiger charge is 2.23. The Morgan fingerprint density at radius 2 is 1.89 bits per heavy atom. The molecule has 0 aromatic heterocycles. The van der Waals surface area contributed by atoms with E-state index in [2.05, 4.69) is 14.7 Å². The van der Waals surface area contributed by atoms with Gasteiger partial charge >= 0.3 is 0 Å². The quantitative estimate of drug-likeness (QED) is 0.405. The van der Waals surface area contributed by atoms with E-state index in [0.29, 0.717) is 6.04 Å². The first kappa shape index (κ1) is 18.9. The largest absolute Gasteiger partial charge is 0.383 e. The number of methoxy groups -OCH3 is 1. The Balaban J connectivity index is 0.00000324. The number of ether oxygens (including phenoxy) is 1. The van der Waals surface area contributed by atoms with Gasteiger partial charge in [0.2, 0.25) is 0 Å². The lowest BCUT2D eigenvalue weighted by atomic mass is 10.2. The lowest BCUT2D eigenvalue weighted by molar-refractivity contribution is 0.142. The number of nitrogens with zero attached hydrogens (tertiary/aromatic N) is 4. The molecule has 114 valence electrons. The Kier molecular flexibility index (Phi) is 9.72. The summed E-state index contributed by atoms with van der Waals surface area (Å²) in [6.45, 7) is 3.91. The van der Waals surface area contributed by atoms with Crippen LogP contribution in [-0.2, 0) is 4.74 Å². The molecular weight excluding hydrogens is 355 g/mol. The minimum atomic E-state index is 0. The topological polar surface area (TPSA) is 31.3 Å². The van der Waals surface area contributed by atoms with E-state index >= 15 is 0 Å². The first-order chi connectivity index (χ1) is 8.56. The van der Waals surface area contributed by atoms with Gasteiger partial charge in [-0.15, -0.1) is 24.0 Å². The summed E-state index contributed by atoms with van der Waals surface area (Å²) in [5.41, 5.74) is 0. The molecule has 1 saturated heterocycles. The van der Waals surface area contributed by atoms with Crippen molar-refractivity contribution in [2.45, 2.75) is 18.9 Å². The second kappa shape index (κ2) is 9.77. The van der Waals surface area contributed by atoms with Crippen LogP contribution < -0.4 is 0 Å². The summed E-state index contributed by atoms with van der Waals surface area (Å²) in [7, 11) is 9.91. The fourth-order valence-corrected chi connectivity index (χ4v) is 2.47. The average Bonchev–Trinajstić information content (AvgIpc) is 2.73. The highest BCUT2D eigenvalue weighted by atomic mass is 127. The van der Waals surface area contributed by atoms with Crippen molar-refractivity contribution in [1.29, 1.82) is 0 Å². The summed E-state index contributed by atoms with van der Waals surface area (Å²) >= 11 is 0. The predicted octanol–water partition coefficient (Wildman–Crippen LogP) is 1.19. The molecule has 0 aromatic rings. The van der Waals surface area contributed by atoms with Crippen molar-refractivity contribution in [3.05, 3.63) is 0 Å². The van der Waals surface area contributed by atoms with E-state index < -0.39 is 0 Å². The standard InChI is InChI=1S/C13H28N4O.HI/c1-15(2)13(16(3)4)14-11-12-7-6-8-17(12)9-10-18-5;/h12H,6-11H2,1-5H3;1H. The lowest BCUT2D eigenvalue weighted by Gasteiger charge is -2.26. The molecule has 1 fully saturated rings. The van der Waals surface area contributed by atoms with Gasteiger partial charge in [-0.1, -0.05) is 0 Å². The van der Waals surface area contributed by atoms with Crippen LogP contribution >= 0.6 is 24.0 Å². The molecule has 0 radical (unpaired) electrons. The summed E-state index contributed by atoms with van der Waals surface area (Å²) < 4.78 is 5.16. The summed E-state index contributed by atoms with van der Waals surface area (Å²) in [6, 6.07) is 0.579. The van der Waals surface area contributed by atoms with E-state index in [4.69, 9.17) is 9.73 Å². The van der Waals surface area contributed by atoms with Crippen LogP contribution in [0.2, 0.25) is 0 Å². The van der Waals surface area contributed by atoms with Gasteiger partial charge in [-0.25, -0.2) is 0 Å². The third kappa shape index (κ3) is 6.27. The van der Waals surface area contributed by atoms with Gasteiger partial charge in [0.1, 0.15) is 0 Å². The van der Waals surface area contributed by atoms with E-state index in [0.717, 1.165) is 25.7 Å². The van der Waals surface area contributed by atoms with Gasteiger partial charge < -0.3 is 14.5 Å². The van der Waals surface area contributed by atoms with Crippen molar-refractivity contribution >= 4 is 29.9 Å². The second-order valence-corrected chi connectivity index (χ2v) is 5.25. The Hall–Kier alpha value is -0.0800. The van der Waals surface area contributed by atoms with Crippen LogP contribution in [0.1, 0.15) is 12.8 Å². The van der Waals surface area contributed by atoms with Gasteiger partial charge in [0.25, 0.3) is 0 Å². The molecule has 0 spiro atoms. The third-order valence-corrected chi connectivity index (χ3v) is 3.33. The molecule has 0 amide bonds. The number of likely N-dealkylation sites (tertiary alicyclic amines) is 1. The number of aliphatic imine (C=N–C) groups is 1. The predicted molar refractivity (Wildman–Crippen MR) is 91.6 cm³/mol. The summed E-state index contributed by atoms with van der Waals surface area (Å²) in [5, 5.41) is 0. The van der Waals surface area contributed by atoms with Gasteiger partial charge in [0.05, 0.1) is 13.2 Å². The monoisotopic (exact) mass is 384 g/mol. The van der Waals surface area contributed by atoms with Crippen molar-refractivity contribution in [3.8, 4) is 0 Å². The first-order valence-electron chi connectivity index (χ1n) is 6.68. The Morgan fingerprint density at radius 3 is 2.42 bits per heavy atom. The number of hydrogen-bond donors (Lipinski definition) is 0. The smallest absolute Gasteiger partial charge is 0.195 e. The number of hydrogen-bond acceptors (Lipinski definition) is 3. The molecule has 1 heterocycles. The fraction of sp³-hybridized carbons (Fsp3) is 0.923. The van der Waals surface area contributed by atoms with Crippen LogP contribution in [0.4, 0.5) is 0 Å². The average molecular weight is 384 g/mol. The van der Waals surface area contributed by atoms with E-state index in [1.54, 1.807) is 7.11 Å². The maximum atomic E-state index is 5.16. The number of rotatable bonds is 5. The zero-order valence-electron chi connectivity index (χ0n) is 12.9. The van der Waals surface area contributed by atoms with Crippen molar-refractivity contribution in [3.63, 3.8) is 0 Å². The minimum absolute atomic E-state index is 0. The highest BCUT2D eigenvalue weighted by molar-refractivity contribution is 14.0. The minimum Gasteiger partial charge on any atom is -0.383 e. The molecule has 0 aromatic carbocycles. The molecule has 5 nitrogen and oxygen atoms in total. The fourth-order valence-electron chi connectivity index (χ4n) is 2.47. The van der Waals surface area contributed by atoms with Crippen molar-refractivity contribution in [2.24, 2.45) is 4.99 Å². The van der Waals surface area contributed by atoms with E-state index in [1.807, 2.05) is 28.2 Å². The Bertz CT molecular complexity index is 261. The molecule has 1 aliphatic heterocycles. The molecule has 19 heavy (non-hydrogen) atoms. The molecule has 0 aliphatic carbocycles.